The van der Waals surface area contributed by atoms with Gasteiger partial charge in [-0.2, -0.15) is 5.10 Å². The van der Waals surface area contributed by atoms with Gasteiger partial charge in [-0.15, -0.1) is 0 Å². The van der Waals surface area contributed by atoms with Crippen molar-refractivity contribution in [1.82, 2.24) is 29.9 Å². The molecule has 10 nitrogen and oxygen atoms in total. The van der Waals surface area contributed by atoms with E-state index in [1.807, 2.05) is 0 Å². The third-order valence-corrected chi connectivity index (χ3v) is 2.61. The number of amides is 2. The summed E-state index contributed by atoms with van der Waals surface area (Å²) in [6.45, 7) is 0. The Labute approximate surface area is 110 Å². The first kappa shape index (κ1) is 12.9. The molecule has 0 saturated carbocycles. The molecule has 0 bridgehead atoms. The fourth-order valence-corrected chi connectivity index (χ4v) is 1.68. The van der Waals surface area contributed by atoms with Gasteiger partial charge in [0.15, 0.2) is 6.04 Å². The number of nitrogens with one attached hydrogen (secondary N) is 2. The first-order valence-electron chi connectivity index (χ1n) is 5.00. The Morgan fingerprint density at radius 3 is 2.84 bits per heavy atom. The van der Waals surface area contributed by atoms with Gasteiger partial charge in [-0.1, -0.05) is 9.59 Å². The zero-order valence-electron chi connectivity index (χ0n) is 9.64. The zero-order valence-corrected chi connectivity index (χ0v) is 10.5. The van der Waals surface area contributed by atoms with E-state index in [-0.39, 0.29) is 5.13 Å². The first-order valence-corrected chi connectivity index (χ1v) is 5.77. The predicted octanol–water partition coefficient (Wildman–Crippen LogP) is -0.386. The van der Waals surface area contributed by atoms with E-state index in [1.54, 1.807) is 7.05 Å². The number of carboxylic acid groups (broad SMARTS) is 1. The third kappa shape index (κ3) is 3.22. The van der Waals surface area contributed by atoms with Crippen molar-refractivity contribution in [2.45, 2.75) is 6.04 Å². The molecule has 0 aromatic carbocycles. The van der Waals surface area contributed by atoms with Gasteiger partial charge in [-0.3, -0.25) is 10.00 Å². The molecule has 0 saturated heterocycles. The molecule has 19 heavy (non-hydrogen) atoms. The fraction of sp³-hybridized carbons (Fsp3) is 0.250. The summed E-state index contributed by atoms with van der Waals surface area (Å²) in [6, 6.07) is -1.91. The number of aliphatic carboxylic acids is 1. The van der Waals surface area contributed by atoms with E-state index in [4.69, 9.17) is 5.11 Å². The Morgan fingerprint density at radius 2 is 2.32 bits per heavy atom. The van der Waals surface area contributed by atoms with Crippen LogP contribution in [0.4, 0.5) is 9.93 Å². The lowest BCUT2D eigenvalue weighted by molar-refractivity contribution is -0.139. The number of aryl methyl sites for hydroxylation is 1. The van der Waals surface area contributed by atoms with Crippen LogP contribution in [0.15, 0.2) is 12.4 Å². The van der Waals surface area contributed by atoms with Crippen molar-refractivity contribution in [2.24, 2.45) is 7.05 Å². The van der Waals surface area contributed by atoms with Gasteiger partial charge in [0.25, 0.3) is 0 Å². The summed E-state index contributed by atoms with van der Waals surface area (Å²) in [5, 5.41) is 24.5. The normalized spacial score (nSPS) is 11.8. The molecule has 3 N–H and O–H groups in total. The molecule has 1 unspecified atom stereocenters. The quantitative estimate of drug-likeness (QED) is 0.695. The summed E-state index contributed by atoms with van der Waals surface area (Å²) in [4.78, 5) is 22.7. The number of hydrogen-bond donors (Lipinski definition) is 3. The van der Waals surface area contributed by atoms with Gasteiger partial charge in [0, 0.05) is 30.3 Å². The highest BCUT2D eigenvalue weighted by Crippen LogP contribution is 2.12. The molecular weight excluding hydrogens is 274 g/mol. The molecule has 0 fully saturated rings. The van der Waals surface area contributed by atoms with Crippen LogP contribution in [0, 0.1) is 0 Å². The first-order chi connectivity index (χ1) is 9.06. The van der Waals surface area contributed by atoms with Crippen molar-refractivity contribution in [1.29, 1.82) is 0 Å². The van der Waals surface area contributed by atoms with Crippen LogP contribution in [0.3, 0.4) is 0 Å². The van der Waals surface area contributed by atoms with Gasteiger partial charge in [-0.25, -0.2) is 9.59 Å². The lowest BCUT2D eigenvalue weighted by atomic mass is 10.2. The van der Waals surface area contributed by atoms with E-state index in [0.717, 1.165) is 11.5 Å². The van der Waals surface area contributed by atoms with E-state index in [9.17, 15) is 9.59 Å². The maximum atomic E-state index is 11.6. The molecule has 11 heteroatoms. The molecule has 1 atom stereocenters. The van der Waals surface area contributed by atoms with Crippen LogP contribution in [0.1, 0.15) is 11.6 Å². The number of carbonyl (C=O) groups excluding carboxylic acids is 1. The van der Waals surface area contributed by atoms with Gasteiger partial charge in [-0.05, 0) is 5.21 Å². The summed E-state index contributed by atoms with van der Waals surface area (Å²) in [6.07, 6.45) is 2.87. The Hall–Kier alpha value is -2.56. The molecule has 0 radical (unpaired) electrons. The Kier molecular flexibility index (Phi) is 3.66. The van der Waals surface area contributed by atoms with Crippen LogP contribution in [0.2, 0.25) is 0 Å². The molecule has 0 aliphatic carbocycles. The van der Waals surface area contributed by atoms with E-state index in [1.165, 1.54) is 17.1 Å². The number of aromatic nitrogens is 5. The number of rotatable bonds is 4. The predicted molar refractivity (Wildman–Crippen MR) is 63.4 cm³/mol. The molecule has 2 heterocycles. The molecule has 0 aliphatic heterocycles. The Balaban J connectivity index is 2.05. The highest BCUT2D eigenvalue weighted by atomic mass is 32.1. The van der Waals surface area contributed by atoms with Crippen molar-refractivity contribution in [3.63, 3.8) is 0 Å². The van der Waals surface area contributed by atoms with Crippen LogP contribution >= 0.6 is 11.5 Å². The van der Waals surface area contributed by atoms with Crippen LogP contribution in [-0.2, 0) is 11.8 Å². The van der Waals surface area contributed by atoms with Crippen molar-refractivity contribution < 1.29 is 14.7 Å². The summed E-state index contributed by atoms with van der Waals surface area (Å²) in [7, 11) is 1.65. The van der Waals surface area contributed by atoms with Crippen molar-refractivity contribution in [3.8, 4) is 0 Å². The average molecular weight is 283 g/mol. The highest BCUT2D eigenvalue weighted by Gasteiger charge is 2.23. The molecule has 0 spiro atoms. The minimum Gasteiger partial charge on any atom is -0.479 e. The molecule has 2 aromatic heterocycles. The molecule has 2 amide bonds. The smallest absolute Gasteiger partial charge is 0.331 e. The molecule has 2 rings (SSSR count). The van der Waals surface area contributed by atoms with E-state index in [2.05, 4.69) is 30.5 Å². The molecule has 100 valence electrons. The summed E-state index contributed by atoms with van der Waals surface area (Å²) in [5.74, 6) is -1.20. The summed E-state index contributed by atoms with van der Waals surface area (Å²) < 4.78 is 4.90. The zero-order chi connectivity index (χ0) is 13.8. The fourth-order valence-electron chi connectivity index (χ4n) is 1.32. The Morgan fingerprint density at radius 1 is 1.53 bits per heavy atom. The van der Waals surface area contributed by atoms with Gasteiger partial charge in [0.1, 0.15) is 0 Å². The summed E-state index contributed by atoms with van der Waals surface area (Å²) in [5.41, 5.74) is 0.362. The number of hydrogen-bond acceptors (Lipinski definition) is 7. The van der Waals surface area contributed by atoms with Gasteiger partial charge < -0.3 is 10.4 Å². The maximum absolute atomic E-state index is 11.6. The van der Waals surface area contributed by atoms with Gasteiger partial charge in [0.2, 0.25) is 5.13 Å². The lowest BCUT2D eigenvalue weighted by Crippen LogP contribution is -2.36. The number of nitrogens with zero attached hydrogens (tertiary/aromatic N) is 5. The largest absolute Gasteiger partial charge is 0.479 e. The molecular formula is C8H9N7O3S. The van der Waals surface area contributed by atoms with E-state index >= 15 is 0 Å². The minimum absolute atomic E-state index is 0.174. The lowest BCUT2D eigenvalue weighted by Gasteiger charge is -2.12. The number of urea groups is 1. The second-order valence-electron chi connectivity index (χ2n) is 3.48. The number of anilines is 1. The van der Waals surface area contributed by atoms with Crippen LogP contribution in [0.5, 0.6) is 0 Å². The van der Waals surface area contributed by atoms with Crippen molar-refractivity contribution >= 4 is 28.7 Å². The van der Waals surface area contributed by atoms with Crippen LogP contribution in [-0.4, -0.2) is 41.7 Å². The standard InChI is InChI=1S/C8H9N7O3S/c1-15-3-4(2-9-15)5(6(16)17)10-7(18)11-8-12-13-14-19-8/h2-3,5H,1H3,(H,16,17)(H2,10,11,12,14,18). The topological polar surface area (TPSA) is 135 Å². The summed E-state index contributed by atoms with van der Waals surface area (Å²) >= 11 is 0.879. The SMILES string of the molecule is Cn1cc(C(NC(=O)Nc2nnns2)C(=O)O)cn1. The average Bonchev–Trinajstić information content (AvgIpc) is 2.97. The molecule has 2 aromatic rings. The van der Waals surface area contributed by atoms with Crippen LogP contribution < -0.4 is 10.6 Å². The highest BCUT2D eigenvalue weighted by molar-refractivity contribution is 7.09. The monoisotopic (exact) mass is 283 g/mol. The van der Waals surface area contributed by atoms with E-state index in [0.29, 0.717) is 5.56 Å². The molecule has 0 aliphatic rings. The Bertz CT molecular complexity index is 581. The number of carbonyl (C=O) groups is 2. The van der Waals surface area contributed by atoms with Gasteiger partial charge in [0.05, 0.1) is 6.20 Å². The van der Waals surface area contributed by atoms with Crippen molar-refractivity contribution in [2.75, 3.05) is 5.32 Å². The second kappa shape index (κ2) is 5.39. The second-order valence-corrected chi connectivity index (χ2v) is 4.22. The van der Waals surface area contributed by atoms with Gasteiger partial charge >= 0.3 is 12.0 Å². The number of carboxylic acids is 1. The maximum Gasteiger partial charge on any atom is 0.331 e. The minimum atomic E-state index is -1.20. The van der Waals surface area contributed by atoms with Crippen LogP contribution in [0.25, 0.3) is 0 Å². The third-order valence-electron chi connectivity index (χ3n) is 2.10. The van der Waals surface area contributed by atoms with E-state index < -0.39 is 18.0 Å². The van der Waals surface area contributed by atoms with Crippen molar-refractivity contribution in [3.05, 3.63) is 18.0 Å².